The number of benzene rings is 2. The maximum absolute atomic E-state index is 13.8. The number of hydrogen-bond acceptors (Lipinski definition) is 4. The molecule has 0 bridgehead atoms. The van der Waals surface area contributed by atoms with E-state index in [1.165, 1.54) is 4.57 Å². The quantitative estimate of drug-likeness (QED) is 0.576. The van der Waals surface area contributed by atoms with Gasteiger partial charge in [-0.15, -0.1) is 0 Å². The number of likely N-dealkylation sites (N-methyl/N-ethyl adjacent to an activating group) is 1. The molecule has 2 aromatic carbocycles. The number of nitrogens with zero attached hydrogens (tertiary/aromatic N) is 4. The van der Waals surface area contributed by atoms with E-state index >= 15 is 0 Å². The summed E-state index contributed by atoms with van der Waals surface area (Å²) < 4.78 is 2.61. The van der Waals surface area contributed by atoms with E-state index in [9.17, 15) is 14.4 Å². The molecule has 0 radical (unpaired) electrons. The maximum atomic E-state index is 13.8. The zero-order chi connectivity index (χ0) is 23.7. The van der Waals surface area contributed by atoms with Gasteiger partial charge >= 0.3 is 5.69 Å². The van der Waals surface area contributed by atoms with E-state index in [0.717, 1.165) is 29.8 Å². The van der Waals surface area contributed by atoms with E-state index in [4.69, 9.17) is 11.6 Å². The second-order valence-electron chi connectivity index (χ2n) is 8.43. The molecule has 1 fully saturated rings. The number of para-hydroxylation sites is 1. The van der Waals surface area contributed by atoms with Crippen molar-refractivity contribution < 1.29 is 4.79 Å². The molecule has 0 aliphatic carbocycles. The predicted molar refractivity (Wildman–Crippen MR) is 132 cm³/mol. The first-order valence-corrected chi connectivity index (χ1v) is 11.8. The molecule has 1 aromatic heterocycles. The highest BCUT2D eigenvalue weighted by atomic mass is 35.5. The third-order valence-corrected chi connectivity index (χ3v) is 6.93. The van der Waals surface area contributed by atoms with Crippen molar-refractivity contribution in [2.45, 2.75) is 33.2 Å². The van der Waals surface area contributed by atoms with E-state index in [2.05, 4.69) is 11.8 Å². The van der Waals surface area contributed by atoms with Crippen molar-refractivity contribution in [3.05, 3.63) is 73.9 Å². The molecule has 1 atom stereocenters. The summed E-state index contributed by atoms with van der Waals surface area (Å²) in [6.45, 7) is 9.70. The van der Waals surface area contributed by atoms with Crippen LogP contribution in [0.2, 0.25) is 5.02 Å². The fourth-order valence-electron chi connectivity index (χ4n) is 4.50. The van der Waals surface area contributed by atoms with Crippen LogP contribution in [0.5, 0.6) is 0 Å². The number of amides is 1. The van der Waals surface area contributed by atoms with E-state index in [-0.39, 0.29) is 5.91 Å². The highest BCUT2D eigenvalue weighted by Crippen LogP contribution is 2.22. The molecule has 1 aliphatic rings. The van der Waals surface area contributed by atoms with Crippen LogP contribution in [-0.2, 0) is 4.79 Å². The molecule has 3 aromatic rings. The molecule has 33 heavy (non-hydrogen) atoms. The van der Waals surface area contributed by atoms with Crippen LogP contribution in [0.15, 0.2) is 52.1 Å². The van der Waals surface area contributed by atoms with Gasteiger partial charge in [0, 0.05) is 31.2 Å². The Morgan fingerprint density at radius 3 is 2.36 bits per heavy atom. The van der Waals surface area contributed by atoms with Gasteiger partial charge in [-0.25, -0.2) is 9.36 Å². The summed E-state index contributed by atoms with van der Waals surface area (Å²) in [7, 11) is 0. The van der Waals surface area contributed by atoms with Gasteiger partial charge in [0.15, 0.2) is 0 Å². The van der Waals surface area contributed by atoms with E-state index in [1.54, 1.807) is 42.5 Å². The lowest BCUT2D eigenvalue weighted by Crippen LogP contribution is -2.52. The minimum absolute atomic E-state index is 0.0901. The first kappa shape index (κ1) is 23.3. The largest absolute Gasteiger partial charge is 0.338 e. The second kappa shape index (κ2) is 9.53. The van der Waals surface area contributed by atoms with Gasteiger partial charge in [-0.1, -0.05) is 43.6 Å². The average molecular weight is 469 g/mol. The number of aryl methyl sites for hydroxylation is 1. The highest BCUT2D eigenvalue weighted by Gasteiger charge is 2.30. The summed E-state index contributed by atoms with van der Waals surface area (Å²) in [5, 5.41) is 0.853. The van der Waals surface area contributed by atoms with Crippen LogP contribution >= 0.6 is 11.6 Å². The van der Waals surface area contributed by atoms with Crippen molar-refractivity contribution in [1.82, 2.24) is 18.9 Å². The van der Waals surface area contributed by atoms with Crippen LogP contribution < -0.4 is 11.2 Å². The topological polar surface area (TPSA) is 67.6 Å². The number of fused-ring (bicyclic) bond motifs is 1. The Kier molecular flexibility index (Phi) is 6.72. The Labute approximate surface area is 197 Å². The predicted octanol–water partition coefficient (Wildman–Crippen LogP) is 3.23. The maximum Gasteiger partial charge on any atom is 0.336 e. The third-order valence-electron chi connectivity index (χ3n) is 6.52. The zero-order valence-corrected chi connectivity index (χ0v) is 20.0. The normalized spacial score (nSPS) is 15.7. The number of carbonyl (C=O) groups excluding carboxylic acids is 1. The van der Waals surface area contributed by atoms with Gasteiger partial charge in [-0.05, 0) is 49.7 Å². The second-order valence-corrected chi connectivity index (χ2v) is 8.83. The fraction of sp³-hybridized carbons (Fsp3) is 0.400. The molecule has 0 saturated carbocycles. The summed E-state index contributed by atoms with van der Waals surface area (Å²) in [6, 6.07) is 11.4. The molecule has 4 rings (SSSR count). The molecule has 1 amide bonds. The van der Waals surface area contributed by atoms with E-state index < -0.39 is 17.3 Å². The molecular weight excluding hydrogens is 440 g/mol. The lowest BCUT2D eigenvalue weighted by Gasteiger charge is -2.36. The fourth-order valence-corrected chi connectivity index (χ4v) is 4.67. The van der Waals surface area contributed by atoms with Gasteiger partial charge in [0.25, 0.3) is 5.56 Å². The van der Waals surface area contributed by atoms with Crippen LogP contribution in [0.25, 0.3) is 16.6 Å². The Morgan fingerprint density at radius 1 is 1.03 bits per heavy atom. The lowest BCUT2D eigenvalue weighted by atomic mass is 10.1. The number of aromatic nitrogens is 2. The third kappa shape index (κ3) is 4.23. The minimum atomic E-state index is -0.705. The van der Waals surface area contributed by atoms with Crippen molar-refractivity contribution in [2.24, 2.45) is 0 Å². The van der Waals surface area contributed by atoms with Gasteiger partial charge in [-0.3, -0.25) is 14.2 Å². The molecule has 1 saturated heterocycles. The number of hydrogen-bond donors (Lipinski definition) is 0. The molecule has 8 heteroatoms. The number of rotatable bonds is 5. The molecule has 2 heterocycles. The van der Waals surface area contributed by atoms with Gasteiger partial charge in [-0.2, -0.15) is 0 Å². The lowest BCUT2D eigenvalue weighted by molar-refractivity contribution is -0.136. The Bertz CT molecular complexity index is 1310. The number of carbonyl (C=O) groups is 1. The summed E-state index contributed by atoms with van der Waals surface area (Å²) in [5.41, 5.74) is 0.743. The molecule has 174 valence electrons. The number of piperazine rings is 1. The molecule has 1 unspecified atom stereocenters. The first-order chi connectivity index (χ1) is 15.9. The van der Waals surface area contributed by atoms with E-state index in [0.29, 0.717) is 41.1 Å². The molecule has 7 nitrogen and oxygen atoms in total. The molecule has 1 aliphatic heterocycles. The Morgan fingerprint density at radius 2 is 1.73 bits per heavy atom. The van der Waals surface area contributed by atoms with Crippen molar-refractivity contribution >= 4 is 28.4 Å². The Hall–Kier alpha value is -2.90. The molecule has 0 spiro atoms. The monoisotopic (exact) mass is 468 g/mol. The van der Waals surface area contributed by atoms with Gasteiger partial charge in [0.1, 0.15) is 6.04 Å². The van der Waals surface area contributed by atoms with Gasteiger partial charge in [0.2, 0.25) is 5.91 Å². The molecule has 0 N–H and O–H groups in total. The average Bonchev–Trinajstić information content (AvgIpc) is 2.83. The summed E-state index contributed by atoms with van der Waals surface area (Å²) in [5.74, 6) is -0.0901. The number of halogens is 1. The zero-order valence-electron chi connectivity index (χ0n) is 19.3. The summed E-state index contributed by atoms with van der Waals surface area (Å²) >= 11 is 6.30. The van der Waals surface area contributed by atoms with Crippen molar-refractivity contribution in [1.29, 1.82) is 0 Å². The van der Waals surface area contributed by atoms with Gasteiger partial charge in [0.05, 0.1) is 16.6 Å². The molecular formula is C25H29ClN4O3. The summed E-state index contributed by atoms with van der Waals surface area (Å²) in [6.07, 6.45) is 0.434. The standard InChI is InChI=1S/C25H29ClN4O3/c1-4-21(24(32)28-14-12-27(5-2)13-15-28)30-22-9-7-6-8-19(22)23(31)29(25(30)33)18-11-10-17(3)20(26)16-18/h6-11,16,21H,4-5,12-15H2,1-3H3. The Balaban J connectivity index is 1.89. The van der Waals surface area contributed by atoms with Crippen LogP contribution in [-0.4, -0.2) is 57.6 Å². The minimum Gasteiger partial charge on any atom is -0.338 e. The smallest absolute Gasteiger partial charge is 0.336 e. The van der Waals surface area contributed by atoms with Crippen LogP contribution in [0.3, 0.4) is 0 Å². The van der Waals surface area contributed by atoms with Gasteiger partial charge < -0.3 is 9.80 Å². The van der Waals surface area contributed by atoms with Crippen LogP contribution in [0.4, 0.5) is 0 Å². The van der Waals surface area contributed by atoms with Crippen molar-refractivity contribution in [3.63, 3.8) is 0 Å². The van der Waals surface area contributed by atoms with Crippen molar-refractivity contribution in [2.75, 3.05) is 32.7 Å². The van der Waals surface area contributed by atoms with E-state index in [1.807, 2.05) is 18.7 Å². The highest BCUT2D eigenvalue weighted by molar-refractivity contribution is 6.31. The van der Waals surface area contributed by atoms with Crippen molar-refractivity contribution in [3.8, 4) is 5.69 Å². The SMILES string of the molecule is CCC(C(=O)N1CCN(CC)CC1)n1c(=O)n(-c2ccc(C)c(Cl)c2)c(=O)c2ccccc21. The first-order valence-electron chi connectivity index (χ1n) is 11.4. The van der Waals surface area contributed by atoms with Crippen LogP contribution in [0, 0.1) is 6.92 Å². The summed E-state index contributed by atoms with van der Waals surface area (Å²) in [4.78, 5) is 44.9. The van der Waals surface area contributed by atoms with Crippen LogP contribution in [0.1, 0.15) is 31.9 Å².